The average Bonchev–Trinajstić information content (AvgIpc) is 3.29. The summed E-state index contributed by atoms with van der Waals surface area (Å²) in [6, 6.07) is 26.3. The van der Waals surface area contributed by atoms with Gasteiger partial charge in [0.2, 0.25) is 5.69 Å². The molecule has 0 aromatic heterocycles. The van der Waals surface area contributed by atoms with Crippen LogP contribution in [0.25, 0.3) is 21.5 Å². The second-order valence-electron chi connectivity index (χ2n) is 11.3. The van der Waals surface area contributed by atoms with Gasteiger partial charge in [-0.2, -0.15) is 4.58 Å². The minimum absolute atomic E-state index is 0.0570. The average molecular weight is 537 g/mol. The number of anilines is 1. The minimum Gasteiger partial charge on any atom is -0.357 e. The van der Waals surface area contributed by atoms with E-state index in [2.05, 4.69) is 148 Å². The zero-order chi connectivity index (χ0) is 28.7. The molecule has 0 saturated heterocycles. The van der Waals surface area contributed by atoms with Crippen LogP contribution in [0.4, 0.5) is 24.3 Å². The first-order valence-corrected chi connectivity index (χ1v) is 13.4. The van der Waals surface area contributed by atoms with Crippen molar-refractivity contribution in [3.05, 3.63) is 120 Å². The van der Waals surface area contributed by atoms with Crippen LogP contribution >= 0.6 is 0 Å². The van der Waals surface area contributed by atoms with E-state index in [9.17, 15) is 12.9 Å². The highest BCUT2D eigenvalue weighted by Crippen LogP contribution is 2.46. The molecule has 0 radical (unpaired) electrons. The number of hydrogen-bond acceptors (Lipinski definition) is 1. The van der Waals surface area contributed by atoms with E-state index in [-0.39, 0.29) is 10.8 Å². The molecular weight excluding hydrogens is 504 g/mol. The van der Waals surface area contributed by atoms with Gasteiger partial charge < -0.3 is 5.32 Å². The number of nitrogens with zero attached hydrogens (tertiary/aromatic N) is 1. The first kappa shape index (κ1) is 27.5. The number of nitrogens with one attached hydrogen (secondary N) is 1. The number of halogens is 3. The Labute approximate surface area is 234 Å². The summed E-state index contributed by atoms with van der Waals surface area (Å²) in [6.45, 7) is 9.26. The van der Waals surface area contributed by atoms with Crippen LogP contribution < -0.4 is 5.32 Å². The molecule has 202 valence electrons. The maximum Gasteiger partial charge on any atom is 0.762 e. The Kier molecular flexibility index (Phi) is 7.22. The Morgan fingerprint density at radius 1 is 0.725 bits per heavy atom. The Bertz CT molecular complexity index is 1730. The molecule has 1 N–H and O–H groups in total. The van der Waals surface area contributed by atoms with Crippen LogP contribution in [-0.2, 0) is 10.8 Å². The van der Waals surface area contributed by atoms with Gasteiger partial charge in [-0.25, -0.2) is 0 Å². The fourth-order valence-corrected chi connectivity index (χ4v) is 6.17. The summed E-state index contributed by atoms with van der Waals surface area (Å²) in [7, 11) is -1.49. The van der Waals surface area contributed by atoms with Gasteiger partial charge in [-0.3, -0.25) is 12.9 Å². The van der Waals surface area contributed by atoms with Gasteiger partial charge in [-0.15, -0.1) is 0 Å². The summed E-state index contributed by atoms with van der Waals surface area (Å²) in [5, 5.41) is 8.92. The molecule has 2 aliphatic heterocycles. The lowest BCUT2D eigenvalue weighted by Gasteiger charge is -2.20. The van der Waals surface area contributed by atoms with Crippen LogP contribution in [0.1, 0.15) is 38.8 Å². The van der Waals surface area contributed by atoms with Gasteiger partial charge in [0.25, 0.3) is 0 Å². The van der Waals surface area contributed by atoms with Crippen molar-refractivity contribution in [3.8, 4) is 0 Å². The number of hydrogen-bond donors (Lipinski definition) is 1. The summed E-state index contributed by atoms with van der Waals surface area (Å²) in [4.78, 5) is 0. The summed E-state index contributed by atoms with van der Waals surface area (Å²) >= 11 is 0. The molecule has 2 nitrogen and oxygen atoms in total. The maximum atomic E-state index is 9.67. The molecule has 2 aliphatic rings. The van der Waals surface area contributed by atoms with Crippen molar-refractivity contribution in [1.82, 2.24) is 0 Å². The Balaban J connectivity index is 0.000000758. The highest BCUT2D eigenvalue weighted by Gasteiger charge is 2.44. The molecule has 0 saturated carbocycles. The van der Waals surface area contributed by atoms with Crippen molar-refractivity contribution in [2.45, 2.75) is 38.5 Å². The van der Waals surface area contributed by atoms with Crippen LogP contribution in [0.15, 0.2) is 109 Å². The fraction of sp³-hybridized carbons (Fsp3) is 0.206. The third-order valence-corrected chi connectivity index (χ3v) is 8.17. The lowest BCUT2D eigenvalue weighted by atomic mass is 9.79. The predicted molar refractivity (Wildman–Crippen MR) is 164 cm³/mol. The summed E-state index contributed by atoms with van der Waals surface area (Å²) in [6.07, 6.45) is 10.9. The van der Waals surface area contributed by atoms with Crippen molar-refractivity contribution < 1.29 is 17.5 Å². The molecule has 0 amide bonds. The number of rotatable bonds is 3. The summed E-state index contributed by atoms with van der Waals surface area (Å²) in [5.41, 5.74) is 7.72. The second kappa shape index (κ2) is 10.5. The SMILES string of the molecule is C[N+]1=C(C=CC=CC=C2Nc3c(ccc4ccccc34)C2(C)C)C(C)(C)c2c1ccc1ccccc21.FB(F)F. The highest BCUT2D eigenvalue weighted by atomic mass is 19.4. The van der Waals surface area contributed by atoms with Gasteiger partial charge in [0.1, 0.15) is 7.05 Å². The first-order valence-electron chi connectivity index (χ1n) is 13.4. The second-order valence-corrected chi connectivity index (χ2v) is 11.3. The summed E-state index contributed by atoms with van der Waals surface area (Å²) in [5.74, 6) is 0. The summed E-state index contributed by atoms with van der Waals surface area (Å²) < 4.78 is 31.3. The smallest absolute Gasteiger partial charge is 0.357 e. The standard InChI is InChI=1S/C34H32N2.BF3/c1-33(2)27-21-19-24-14-10-12-16-26(24)32(27)35-29(33)17-7-6-8-18-30-34(3,4)31-25-15-11-9-13-23(25)20-22-28(31)36(30)5;2-1(3)4/h6-22H,1-5H3;/p+1. The molecule has 0 fully saturated rings. The molecule has 6 heteroatoms. The molecule has 0 atom stereocenters. The highest BCUT2D eigenvalue weighted by molar-refractivity contribution is 6.33. The van der Waals surface area contributed by atoms with E-state index >= 15 is 0 Å². The van der Waals surface area contributed by atoms with Gasteiger partial charge in [-0.05, 0) is 47.7 Å². The van der Waals surface area contributed by atoms with E-state index in [1.807, 2.05) is 0 Å². The fourth-order valence-electron chi connectivity index (χ4n) is 6.17. The van der Waals surface area contributed by atoms with Crippen molar-refractivity contribution >= 4 is 46.2 Å². The lowest BCUT2D eigenvalue weighted by Crippen LogP contribution is -2.26. The molecule has 0 spiro atoms. The van der Waals surface area contributed by atoms with E-state index in [1.165, 1.54) is 55.5 Å². The molecule has 0 unspecified atom stereocenters. The van der Waals surface area contributed by atoms with E-state index in [0.29, 0.717) is 0 Å². The largest absolute Gasteiger partial charge is 0.762 e. The molecule has 0 aliphatic carbocycles. The van der Waals surface area contributed by atoms with E-state index in [4.69, 9.17) is 0 Å². The number of benzene rings is 4. The number of allylic oxidation sites excluding steroid dienone is 6. The topological polar surface area (TPSA) is 15.0 Å². The molecular formula is C34H33BF3N2+. The minimum atomic E-state index is -3.67. The van der Waals surface area contributed by atoms with Gasteiger partial charge >= 0.3 is 7.54 Å². The molecule has 6 rings (SSSR count). The van der Waals surface area contributed by atoms with Crippen molar-refractivity contribution in [2.75, 3.05) is 12.4 Å². The van der Waals surface area contributed by atoms with E-state index in [1.54, 1.807) is 0 Å². The number of fused-ring (bicyclic) bond motifs is 6. The van der Waals surface area contributed by atoms with E-state index < -0.39 is 7.54 Å². The Hall–Kier alpha value is -4.06. The zero-order valence-electron chi connectivity index (χ0n) is 23.5. The molecule has 40 heavy (non-hydrogen) atoms. The molecule has 0 bridgehead atoms. The molecule has 4 aromatic carbocycles. The van der Waals surface area contributed by atoms with Gasteiger partial charge in [0, 0.05) is 34.2 Å². The van der Waals surface area contributed by atoms with Gasteiger partial charge in [0.05, 0.1) is 11.1 Å². The molecule has 2 heterocycles. The van der Waals surface area contributed by atoms with Crippen LogP contribution in [0.2, 0.25) is 0 Å². The van der Waals surface area contributed by atoms with Crippen LogP contribution in [0.3, 0.4) is 0 Å². The predicted octanol–water partition coefficient (Wildman–Crippen LogP) is 9.28. The Morgan fingerprint density at radius 2 is 1.32 bits per heavy atom. The van der Waals surface area contributed by atoms with Crippen molar-refractivity contribution in [1.29, 1.82) is 0 Å². The quantitative estimate of drug-likeness (QED) is 0.156. The Morgan fingerprint density at radius 3 is 2.02 bits per heavy atom. The van der Waals surface area contributed by atoms with Crippen molar-refractivity contribution in [3.63, 3.8) is 0 Å². The third-order valence-electron chi connectivity index (χ3n) is 8.17. The van der Waals surface area contributed by atoms with Gasteiger partial charge in [0.15, 0.2) is 5.71 Å². The van der Waals surface area contributed by atoms with Crippen LogP contribution in [0.5, 0.6) is 0 Å². The van der Waals surface area contributed by atoms with Crippen molar-refractivity contribution in [2.24, 2.45) is 0 Å². The maximum absolute atomic E-state index is 9.67. The lowest BCUT2D eigenvalue weighted by molar-refractivity contribution is -0.401. The zero-order valence-corrected chi connectivity index (χ0v) is 23.5. The van der Waals surface area contributed by atoms with Gasteiger partial charge in [-0.1, -0.05) is 92.7 Å². The van der Waals surface area contributed by atoms with E-state index in [0.717, 1.165) is 0 Å². The van der Waals surface area contributed by atoms with Crippen LogP contribution in [0, 0.1) is 0 Å². The normalized spacial score (nSPS) is 17.9. The monoisotopic (exact) mass is 537 g/mol. The van der Waals surface area contributed by atoms with Crippen LogP contribution in [-0.4, -0.2) is 24.9 Å². The molecule has 4 aromatic rings. The third kappa shape index (κ3) is 4.76. The first-order chi connectivity index (χ1) is 19.0.